The Morgan fingerprint density at radius 1 is 1.10 bits per heavy atom. The van der Waals surface area contributed by atoms with E-state index in [1.54, 1.807) is 0 Å². The lowest BCUT2D eigenvalue weighted by Crippen LogP contribution is -2.45. The topological polar surface area (TPSA) is 74.8 Å². The molecule has 31 heavy (non-hydrogen) atoms. The van der Waals surface area contributed by atoms with E-state index in [0.717, 1.165) is 43.0 Å². The number of aromatic nitrogens is 1. The summed E-state index contributed by atoms with van der Waals surface area (Å²) in [6, 6.07) is 11.5. The number of hydrogen-bond acceptors (Lipinski definition) is 5. The summed E-state index contributed by atoms with van der Waals surface area (Å²) in [5.41, 5.74) is 2.60. The van der Waals surface area contributed by atoms with E-state index in [9.17, 15) is 9.59 Å². The Morgan fingerprint density at radius 3 is 2.42 bits per heavy atom. The molecule has 2 fully saturated rings. The zero-order valence-electron chi connectivity index (χ0n) is 18.2. The third kappa shape index (κ3) is 5.41. The Labute approximate surface area is 183 Å². The number of ether oxygens (including phenoxy) is 1. The van der Waals surface area contributed by atoms with Crippen molar-refractivity contribution in [3.63, 3.8) is 0 Å². The third-order valence-electron chi connectivity index (χ3n) is 5.77. The van der Waals surface area contributed by atoms with E-state index in [1.165, 1.54) is 0 Å². The van der Waals surface area contributed by atoms with Gasteiger partial charge >= 0.3 is 0 Å². The van der Waals surface area contributed by atoms with Crippen molar-refractivity contribution in [1.82, 2.24) is 15.2 Å². The van der Waals surface area contributed by atoms with Gasteiger partial charge in [0, 0.05) is 50.9 Å². The number of carbonyl (C=O) groups excluding carboxylic acids is 2. The first-order chi connectivity index (χ1) is 15.0. The second kappa shape index (κ2) is 9.47. The molecule has 0 radical (unpaired) electrons. The van der Waals surface area contributed by atoms with Crippen LogP contribution in [0.25, 0.3) is 0 Å². The first kappa shape index (κ1) is 21.3. The van der Waals surface area contributed by atoms with E-state index in [-0.39, 0.29) is 24.0 Å². The highest BCUT2D eigenvalue weighted by molar-refractivity contribution is 5.94. The number of nitrogens with one attached hydrogen (secondary N) is 1. The van der Waals surface area contributed by atoms with E-state index in [0.29, 0.717) is 25.1 Å². The van der Waals surface area contributed by atoms with E-state index >= 15 is 0 Å². The van der Waals surface area contributed by atoms with E-state index in [2.05, 4.69) is 29.0 Å². The Morgan fingerprint density at radius 2 is 1.81 bits per heavy atom. The molecule has 2 unspecified atom stereocenters. The van der Waals surface area contributed by atoms with Gasteiger partial charge in [0.15, 0.2) is 0 Å². The number of likely N-dealkylation sites (tertiary alicyclic amines) is 1. The molecule has 7 heteroatoms. The average Bonchev–Trinajstić information content (AvgIpc) is 3.16. The second-order valence-electron chi connectivity index (χ2n) is 8.49. The Kier molecular flexibility index (Phi) is 6.51. The predicted molar refractivity (Wildman–Crippen MR) is 119 cm³/mol. The van der Waals surface area contributed by atoms with Gasteiger partial charge < -0.3 is 19.9 Å². The highest BCUT2D eigenvalue weighted by Gasteiger charge is 2.23. The molecule has 164 valence electrons. The van der Waals surface area contributed by atoms with E-state index in [1.807, 2.05) is 47.5 Å². The SMILES string of the molecule is CC1CN(c2ccc(CNC(=O)c3ccc(CN4CCCC4=O)cc3)cn2)CC(C)O1. The van der Waals surface area contributed by atoms with Crippen molar-refractivity contribution in [3.8, 4) is 0 Å². The molecular formula is C24H30N4O3. The predicted octanol–water partition coefficient (Wildman–Crippen LogP) is 2.75. The molecular weight excluding hydrogens is 392 g/mol. The van der Waals surface area contributed by atoms with Crippen LogP contribution in [0.5, 0.6) is 0 Å². The molecule has 0 aliphatic carbocycles. The van der Waals surface area contributed by atoms with Gasteiger partial charge in [0.05, 0.1) is 12.2 Å². The fraction of sp³-hybridized carbons (Fsp3) is 0.458. The van der Waals surface area contributed by atoms with Crippen molar-refractivity contribution in [2.75, 3.05) is 24.5 Å². The molecule has 2 saturated heterocycles. The van der Waals surface area contributed by atoms with Crippen LogP contribution in [0.4, 0.5) is 5.82 Å². The highest BCUT2D eigenvalue weighted by atomic mass is 16.5. The number of rotatable bonds is 6. The fourth-order valence-corrected chi connectivity index (χ4v) is 4.21. The smallest absolute Gasteiger partial charge is 0.251 e. The van der Waals surface area contributed by atoms with Crippen LogP contribution in [-0.4, -0.2) is 53.5 Å². The first-order valence-corrected chi connectivity index (χ1v) is 11.0. The summed E-state index contributed by atoms with van der Waals surface area (Å²) in [6.07, 6.45) is 3.76. The minimum atomic E-state index is -0.122. The van der Waals surface area contributed by atoms with Crippen molar-refractivity contribution in [3.05, 3.63) is 59.3 Å². The van der Waals surface area contributed by atoms with Crippen LogP contribution in [0.1, 0.15) is 48.2 Å². The molecule has 0 bridgehead atoms. The summed E-state index contributed by atoms with van der Waals surface area (Å²) >= 11 is 0. The van der Waals surface area contributed by atoms with Crippen LogP contribution in [0.2, 0.25) is 0 Å². The van der Waals surface area contributed by atoms with Gasteiger partial charge in [0.25, 0.3) is 5.91 Å². The van der Waals surface area contributed by atoms with Crippen LogP contribution in [0.15, 0.2) is 42.6 Å². The van der Waals surface area contributed by atoms with Crippen LogP contribution in [-0.2, 0) is 22.6 Å². The Bertz CT molecular complexity index is 903. The molecule has 1 aromatic carbocycles. The largest absolute Gasteiger partial charge is 0.372 e. The highest BCUT2D eigenvalue weighted by Crippen LogP contribution is 2.19. The molecule has 1 N–H and O–H groups in total. The summed E-state index contributed by atoms with van der Waals surface area (Å²) < 4.78 is 5.78. The molecule has 2 amide bonds. The van der Waals surface area contributed by atoms with Gasteiger partial charge in [-0.25, -0.2) is 4.98 Å². The standard InChI is InChI=1S/C24H30N4O3/c1-17-14-28(15-18(2)31-17)22-10-7-20(12-25-22)13-26-24(30)21-8-5-19(6-9-21)16-27-11-3-4-23(27)29/h5-10,12,17-18H,3-4,11,13-16H2,1-2H3,(H,26,30). The molecule has 1 aromatic heterocycles. The van der Waals surface area contributed by atoms with Crippen molar-refractivity contribution in [2.24, 2.45) is 0 Å². The maximum Gasteiger partial charge on any atom is 0.251 e. The summed E-state index contributed by atoms with van der Waals surface area (Å²) in [5.74, 6) is 1.02. The van der Waals surface area contributed by atoms with Gasteiger partial charge in [-0.2, -0.15) is 0 Å². The summed E-state index contributed by atoms with van der Waals surface area (Å²) in [4.78, 5) is 32.9. The van der Waals surface area contributed by atoms with Crippen molar-refractivity contribution < 1.29 is 14.3 Å². The van der Waals surface area contributed by atoms with E-state index in [4.69, 9.17) is 4.74 Å². The number of anilines is 1. The Hall–Kier alpha value is -2.93. The van der Waals surface area contributed by atoms with Crippen molar-refractivity contribution in [1.29, 1.82) is 0 Å². The molecule has 2 aliphatic rings. The minimum absolute atomic E-state index is 0.122. The van der Waals surface area contributed by atoms with Crippen LogP contribution in [0.3, 0.4) is 0 Å². The van der Waals surface area contributed by atoms with Crippen LogP contribution in [0, 0.1) is 0 Å². The van der Waals surface area contributed by atoms with Gasteiger partial charge in [-0.05, 0) is 49.6 Å². The van der Waals surface area contributed by atoms with Crippen LogP contribution >= 0.6 is 0 Å². The van der Waals surface area contributed by atoms with Gasteiger partial charge in [0.1, 0.15) is 5.82 Å². The maximum absolute atomic E-state index is 12.5. The summed E-state index contributed by atoms with van der Waals surface area (Å²) in [5, 5.41) is 2.95. The maximum atomic E-state index is 12.5. The lowest BCUT2D eigenvalue weighted by atomic mass is 10.1. The molecule has 3 heterocycles. The van der Waals surface area contributed by atoms with E-state index < -0.39 is 0 Å². The average molecular weight is 423 g/mol. The number of amides is 2. The number of morpholine rings is 1. The lowest BCUT2D eigenvalue weighted by molar-refractivity contribution is -0.128. The molecule has 0 spiro atoms. The number of hydrogen-bond donors (Lipinski definition) is 1. The quantitative estimate of drug-likeness (QED) is 0.775. The molecule has 4 rings (SSSR count). The molecule has 2 aliphatic heterocycles. The number of benzene rings is 1. The van der Waals surface area contributed by atoms with Crippen LogP contribution < -0.4 is 10.2 Å². The number of pyridine rings is 1. The normalized spacial score (nSPS) is 21.4. The first-order valence-electron chi connectivity index (χ1n) is 11.0. The molecule has 0 saturated carbocycles. The summed E-state index contributed by atoms with van der Waals surface area (Å²) in [6.45, 7) is 7.66. The molecule has 2 aromatic rings. The zero-order valence-corrected chi connectivity index (χ0v) is 18.2. The van der Waals surface area contributed by atoms with Crippen molar-refractivity contribution >= 4 is 17.6 Å². The Balaban J connectivity index is 1.28. The monoisotopic (exact) mass is 422 g/mol. The van der Waals surface area contributed by atoms with Gasteiger partial charge in [-0.1, -0.05) is 18.2 Å². The van der Waals surface area contributed by atoms with Gasteiger partial charge in [0.2, 0.25) is 5.91 Å². The minimum Gasteiger partial charge on any atom is -0.372 e. The summed E-state index contributed by atoms with van der Waals surface area (Å²) in [7, 11) is 0. The van der Waals surface area contributed by atoms with Crippen molar-refractivity contribution in [2.45, 2.75) is 52.0 Å². The van der Waals surface area contributed by atoms with Gasteiger partial charge in [-0.15, -0.1) is 0 Å². The number of nitrogens with zero attached hydrogens (tertiary/aromatic N) is 3. The molecule has 2 atom stereocenters. The second-order valence-corrected chi connectivity index (χ2v) is 8.49. The lowest BCUT2D eigenvalue weighted by Gasteiger charge is -2.36. The number of carbonyl (C=O) groups is 2. The molecule has 7 nitrogen and oxygen atoms in total. The fourth-order valence-electron chi connectivity index (χ4n) is 4.21. The zero-order chi connectivity index (χ0) is 21.8. The van der Waals surface area contributed by atoms with Gasteiger partial charge in [-0.3, -0.25) is 9.59 Å². The third-order valence-corrected chi connectivity index (χ3v) is 5.77.